The first kappa shape index (κ1) is 14.5. The van der Waals surface area contributed by atoms with Gasteiger partial charge in [-0.25, -0.2) is 0 Å². The van der Waals surface area contributed by atoms with E-state index in [-0.39, 0.29) is 0 Å². The first-order valence-corrected chi connectivity index (χ1v) is 6.28. The van der Waals surface area contributed by atoms with Gasteiger partial charge >= 0.3 is 0 Å². The number of nitrogens with zero attached hydrogens (tertiary/aromatic N) is 1. The van der Waals surface area contributed by atoms with Gasteiger partial charge in [0.25, 0.3) is 0 Å². The molecule has 2 unspecified atom stereocenters. The van der Waals surface area contributed by atoms with E-state index in [0.29, 0.717) is 12.0 Å². The molecule has 0 fully saturated rings. The van der Waals surface area contributed by atoms with E-state index in [0.717, 1.165) is 0 Å². The number of allylic oxidation sites excluding steroid dienone is 3. The van der Waals surface area contributed by atoms with Gasteiger partial charge in [-0.05, 0) is 25.2 Å². The van der Waals surface area contributed by atoms with E-state index < -0.39 is 0 Å². The minimum absolute atomic E-state index is 0.343. The monoisotopic (exact) mass is 241 g/mol. The smallest absolute Gasteiger partial charge is 0.0407 e. The van der Waals surface area contributed by atoms with E-state index in [9.17, 15) is 0 Å². The van der Waals surface area contributed by atoms with E-state index in [4.69, 9.17) is 0 Å². The average molecular weight is 241 g/mol. The van der Waals surface area contributed by atoms with Crippen LogP contribution in [0.1, 0.15) is 18.5 Å². The van der Waals surface area contributed by atoms with Crippen LogP contribution in [0.2, 0.25) is 0 Å². The fraction of sp³-hybridized carbons (Fsp3) is 0.294. The minimum Gasteiger partial charge on any atom is -0.302 e. The molecule has 0 aliphatic heterocycles. The highest BCUT2D eigenvalue weighted by Crippen LogP contribution is 2.31. The summed E-state index contributed by atoms with van der Waals surface area (Å²) in [7, 11) is 4.23. The lowest BCUT2D eigenvalue weighted by Crippen LogP contribution is -2.26. The van der Waals surface area contributed by atoms with Crippen LogP contribution in [0.15, 0.2) is 67.3 Å². The van der Waals surface area contributed by atoms with Gasteiger partial charge in [-0.3, -0.25) is 0 Å². The summed E-state index contributed by atoms with van der Waals surface area (Å²) in [6.45, 7) is 9.90. The van der Waals surface area contributed by atoms with Crippen LogP contribution in [-0.4, -0.2) is 19.0 Å². The number of hydrogen-bond donors (Lipinski definition) is 0. The van der Waals surface area contributed by atoms with Crippen molar-refractivity contribution in [2.75, 3.05) is 14.1 Å². The normalized spacial score (nSPS) is 15.2. The van der Waals surface area contributed by atoms with Gasteiger partial charge in [-0.1, -0.05) is 68.6 Å². The van der Waals surface area contributed by atoms with Crippen LogP contribution < -0.4 is 0 Å². The Hall–Kier alpha value is -1.60. The lowest BCUT2D eigenvalue weighted by molar-refractivity contribution is 0.247. The Morgan fingerprint density at radius 1 is 1.17 bits per heavy atom. The average Bonchev–Trinajstić information content (AvgIpc) is 2.36. The van der Waals surface area contributed by atoms with Crippen molar-refractivity contribution in [3.05, 3.63) is 72.9 Å². The van der Waals surface area contributed by atoms with Gasteiger partial charge in [0.1, 0.15) is 0 Å². The molecule has 18 heavy (non-hydrogen) atoms. The Kier molecular flexibility index (Phi) is 5.60. The molecule has 0 saturated heterocycles. The minimum atomic E-state index is 0.343. The highest BCUT2D eigenvalue weighted by molar-refractivity contribution is 5.29. The molecular formula is C17H23N. The molecule has 1 rings (SSSR count). The third-order valence-corrected chi connectivity index (χ3v) is 3.24. The molecule has 0 bridgehead atoms. The first-order valence-electron chi connectivity index (χ1n) is 6.28. The highest BCUT2D eigenvalue weighted by atomic mass is 15.1. The Balaban J connectivity index is 3.10. The molecule has 0 spiro atoms. The largest absolute Gasteiger partial charge is 0.302 e. The molecule has 0 saturated carbocycles. The van der Waals surface area contributed by atoms with E-state index in [1.54, 1.807) is 0 Å². The fourth-order valence-electron chi connectivity index (χ4n) is 2.41. The molecule has 0 radical (unpaired) electrons. The van der Waals surface area contributed by atoms with Crippen molar-refractivity contribution in [1.82, 2.24) is 4.90 Å². The van der Waals surface area contributed by atoms with Crippen molar-refractivity contribution < 1.29 is 0 Å². The van der Waals surface area contributed by atoms with Crippen molar-refractivity contribution in [3.8, 4) is 0 Å². The second-order valence-corrected chi connectivity index (χ2v) is 4.71. The maximum atomic E-state index is 3.90. The predicted octanol–water partition coefficient (Wildman–Crippen LogP) is 4.22. The van der Waals surface area contributed by atoms with Gasteiger partial charge in [0.2, 0.25) is 0 Å². The molecule has 0 N–H and O–H groups in total. The molecule has 0 aliphatic carbocycles. The molecule has 0 aliphatic rings. The van der Waals surface area contributed by atoms with Gasteiger partial charge < -0.3 is 4.90 Å². The first-order chi connectivity index (χ1) is 8.61. The van der Waals surface area contributed by atoms with Crippen molar-refractivity contribution in [1.29, 1.82) is 0 Å². The van der Waals surface area contributed by atoms with E-state index in [1.807, 2.05) is 18.2 Å². The van der Waals surface area contributed by atoms with Crippen molar-refractivity contribution >= 4 is 0 Å². The molecule has 0 aromatic heterocycles. The number of benzene rings is 1. The van der Waals surface area contributed by atoms with E-state index in [2.05, 4.69) is 69.4 Å². The lowest BCUT2D eigenvalue weighted by atomic mass is 9.87. The summed E-state index contributed by atoms with van der Waals surface area (Å²) in [6.07, 6.45) is 5.79. The van der Waals surface area contributed by atoms with Crippen LogP contribution in [-0.2, 0) is 0 Å². The number of hydrogen-bond acceptors (Lipinski definition) is 1. The summed E-state index contributed by atoms with van der Waals surface area (Å²) < 4.78 is 0. The summed E-state index contributed by atoms with van der Waals surface area (Å²) >= 11 is 0. The Morgan fingerprint density at radius 3 is 2.22 bits per heavy atom. The standard InChI is InChI=1S/C17H23N/c1-6-11-15(7-2)14(3)17(18(4)5)16-12-9-8-10-13-16/h6-14,17H,1-2H2,3-5H3/b15-11+. The zero-order chi connectivity index (χ0) is 13.5. The van der Waals surface area contributed by atoms with E-state index in [1.165, 1.54) is 11.1 Å². The van der Waals surface area contributed by atoms with Crippen LogP contribution in [0.5, 0.6) is 0 Å². The lowest BCUT2D eigenvalue weighted by Gasteiger charge is -2.31. The van der Waals surface area contributed by atoms with E-state index >= 15 is 0 Å². The maximum Gasteiger partial charge on any atom is 0.0407 e. The molecule has 1 nitrogen and oxygen atoms in total. The molecule has 2 atom stereocenters. The molecule has 1 aromatic carbocycles. The van der Waals surface area contributed by atoms with Crippen molar-refractivity contribution in [2.45, 2.75) is 13.0 Å². The van der Waals surface area contributed by atoms with Crippen LogP contribution in [0.25, 0.3) is 0 Å². The third-order valence-electron chi connectivity index (χ3n) is 3.24. The third kappa shape index (κ3) is 3.44. The van der Waals surface area contributed by atoms with Crippen molar-refractivity contribution in [2.24, 2.45) is 5.92 Å². The van der Waals surface area contributed by atoms with Gasteiger partial charge in [-0.2, -0.15) is 0 Å². The Morgan fingerprint density at radius 2 is 1.78 bits per heavy atom. The SMILES string of the molecule is C=C/C=C(\C=C)C(C)C(c1ccccc1)N(C)C. The Labute approximate surface area is 111 Å². The van der Waals surface area contributed by atoms with Gasteiger partial charge in [0.05, 0.1) is 0 Å². The van der Waals surface area contributed by atoms with Crippen LogP contribution in [0, 0.1) is 5.92 Å². The summed E-state index contributed by atoms with van der Waals surface area (Å²) in [5.74, 6) is 0.373. The quantitative estimate of drug-likeness (QED) is 0.674. The highest BCUT2D eigenvalue weighted by Gasteiger charge is 2.22. The summed E-state index contributed by atoms with van der Waals surface area (Å²) in [4.78, 5) is 2.25. The summed E-state index contributed by atoms with van der Waals surface area (Å²) in [5.41, 5.74) is 2.54. The van der Waals surface area contributed by atoms with Gasteiger partial charge in [-0.15, -0.1) is 0 Å². The van der Waals surface area contributed by atoms with Gasteiger partial charge in [0, 0.05) is 12.0 Å². The maximum absolute atomic E-state index is 3.90. The fourth-order valence-corrected chi connectivity index (χ4v) is 2.41. The second kappa shape index (κ2) is 6.97. The summed E-state index contributed by atoms with van der Waals surface area (Å²) in [6, 6.07) is 10.9. The van der Waals surface area contributed by atoms with Crippen LogP contribution >= 0.6 is 0 Å². The molecule has 0 amide bonds. The number of rotatable bonds is 6. The zero-order valence-electron chi connectivity index (χ0n) is 11.6. The molecular weight excluding hydrogens is 218 g/mol. The topological polar surface area (TPSA) is 3.24 Å². The summed E-state index contributed by atoms with van der Waals surface area (Å²) in [5, 5.41) is 0. The molecule has 0 heterocycles. The zero-order valence-corrected chi connectivity index (χ0v) is 11.6. The molecule has 1 heteroatoms. The molecule has 1 aromatic rings. The van der Waals surface area contributed by atoms with Crippen LogP contribution in [0.3, 0.4) is 0 Å². The molecule has 96 valence electrons. The predicted molar refractivity (Wildman–Crippen MR) is 80.5 cm³/mol. The Bertz CT molecular complexity index is 414. The van der Waals surface area contributed by atoms with Crippen LogP contribution in [0.4, 0.5) is 0 Å². The second-order valence-electron chi connectivity index (χ2n) is 4.71. The van der Waals surface area contributed by atoms with Crippen molar-refractivity contribution in [3.63, 3.8) is 0 Å². The van der Waals surface area contributed by atoms with Gasteiger partial charge in [0.15, 0.2) is 0 Å².